The number of aromatic nitrogens is 2. The largest absolute Gasteiger partial charge is 0.504 e. The molecule has 0 saturated heterocycles. The number of amides is 2. The number of rotatable bonds is 5. The third-order valence-corrected chi connectivity index (χ3v) is 4.72. The van der Waals surface area contributed by atoms with Crippen LogP contribution in [-0.2, 0) is 0 Å². The van der Waals surface area contributed by atoms with E-state index >= 15 is 0 Å². The number of fused-ring (bicyclic) bond motifs is 1. The van der Waals surface area contributed by atoms with Crippen molar-refractivity contribution < 1.29 is 23.8 Å². The van der Waals surface area contributed by atoms with Crippen molar-refractivity contribution in [2.45, 2.75) is 0 Å². The number of benzene rings is 3. The van der Waals surface area contributed by atoms with Gasteiger partial charge in [0.05, 0.1) is 28.7 Å². The first kappa shape index (κ1) is 21.1. The first-order valence-corrected chi connectivity index (χ1v) is 9.63. The molecule has 1 aromatic heterocycles. The van der Waals surface area contributed by atoms with E-state index < -0.39 is 11.8 Å². The quantitative estimate of drug-likeness (QED) is 0.364. The van der Waals surface area contributed by atoms with Gasteiger partial charge in [-0.25, -0.2) is 19.2 Å². The summed E-state index contributed by atoms with van der Waals surface area (Å²) in [5.74, 6) is 0.399. The molecular weight excluding hydrogens is 439 g/mol. The Labute approximate surface area is 186 Å². The normalized spacial score (nSPS) is 10.6. The molecule has 1 heterocycles. The summed E-state index contributed by atoms with van der Waals surface area (Å²) in [7, 11) is 1.43. The predicted octanol–water partition coefficient (Wildman–Crippen LogP) is 5.57. The summed E-state index contributed by atoms with van der Waals surface area (Å²) in [6, 6.07) is 12.5. The van der Waals surface area contributed by atoms with Crippen LogP contribution >= 0.6 is 11.6 Å². The van der Waals surface area contributed by atoms with E-state index in [4.69, 9.17) is 21.1 Å². The van der Waals surface area contributed by atoms with Crippen molar-refractivity contribution in [2.24, 2.45) is 0 Å². The number of hydrogen-bond acceptors (Lipinski definition) is 6. The van der Waals surface area contributed by atoms with Crippen LogP contribution in [0.3, 0.4) is 0 Å². The molecule has 162 valence electrons. The molecular formula is C22H16ClFN4O4. The number of aromatic hydroxyl groups is 1. The third-order valence-electron chi connectivity index (χ3n) is 4.40. The number of carbonyl (C=O) groups is 1. The molecule has 32 heavy (non-hydrogen) atoms. The number of halogens is 2. The number of ether oxygens (including phenoxy) is 2. The number of anilines is 2. The molecule has 0 saturated carbocycles. The summed E-state index contributed by atoms with van der Waals surface area (Å²) < 4.78 is 24.0. The fourth-order valence-electron chi connectivity index (χ4n) is 2.88. The highest BCUT2D eigenvalue weighted by Crippen LogP contribution is 2.36. The van der Waals surface area contributed by atoms with Gasteiger partial charge in [0.15, 0.2) is 11.5 Å². The van der Waals surface area contributed by atoms with Crippen LogP contribution in [0.5, 0.6) is 23.1 Å². The van der Waals surface area contributed by atoms with Crippen molar-refractivity contribution in [3.8, 4) is 23.1 Å². The molecule has 2 amide bonds. The second-order valence-electron chi connectivity index (χ2n) is 6.55. The third kappa shape index (κ3) is 4.62. The van der Waals surface area contributed by atoms with Crippen molar-refractivity contribution in [3.63, 3.8) is 0 Å². The zero-order valence-electron chi connectivity index (χ0n) is 16.6. The summed E-state index contributed by atoms with van der Waals surface area (Å²) in [4.78, 5) is 20.4. The van der Waals surface area contributed by atoms with Gasteiger partial charge in [-0.05, 0) is 42.5 Å². The van der Waals surface area contributed by atoms with Crippen molar-refractivity contribution in [1.82, 2.24) is 9.97 Å². The summed E-state index contributed by atoms with van der Waals surface area (Å²) in [5, 5.41) is 15.9. The predicted molar refractivity (Wildman–Crippen MR) is 118 cm³/mol. The number of nitrogens with one attached hydrogen (secondary N) is 2. The number of carbonyl (C=O) groups excluding carboxylic acids is 1. The summed E-state index contributed by atoms with van der Waals surface area (Å²) in [6.45, 7) is 0. The fraction of sp³-hybridized carbons (Fsp3) is 0.0455. The van der Waals surface area contributed by atoms with E-state index in [2.05, 4.69) is 20.6 Å². The second-order valence-corrected chi connectivity index (χ2v) is 6.96. The molecule has 0 bridgehead atoms. The molecule has 3 N–H and O–H groups in total. The molecule has 0 aliphatic heterocycles. The lowest BCUT2D eigenvalue weighted by Gasteiger charge is -2.12. The average Bonchev–Trinajstić information content (AvgIpc) is 2.77. The van der Waals surface area contributed by atoms with Crippen molar-refractivity contribution in [3.05, 3.63) is 71.8 Å². The highest BCUT2D eigenvalue weighted by molar-refractivity contribution is 6.34. The van der Waals surface area contributed by atoms with Gasteiger partial charge in [-0.15, -0.1) is 0 Å². The molecule has 4 aromatic rings. The summed E-state index contributed by atoms with van der Waals surface area (Å²) >= 11 is 6.29. The Morgan fingerprint density at radius 2 is 1.84 bits per heavy atom. The van der Waals surface area contributed by atoms with Crippen LogP contribution < -0.4 is 20.1 Å². The molecule has 3 aromatic carbocycles. The number of nitrogens with zero attached hydrogens (tertiary/aromatic N) is 2. The van der Waals surface area contributed by atoms with Crippen LogP contribution in [0.1, 0.15) is 0 Å². The van der Waals surface area contributed by atoms with Crippen LogP contribution in [0.2, 0.25) is 5.02 Å². The SMILES string of the molecule is COc1cc2c(Oc3ccc(NC(=O)Nc4ccc(F)cc4)c(Cl)c3)ncnc2cc1O. The van der Waals surface area contributed by atoms with Crippen LogP contribution in [0.25, 0.3) is 10.9 Å². The number of methoxy groups -OCH3 is 1. The van der Waals surface area contributed by atoms with Crippen molar-refractivity contribution in [2.75, 3.05) is 17.7 Å². The van der Waals surface area contributed by atoms with Gasteiger partial charge in [0.2, 0.25) is 5.88 Å². The molecule has 0 fully saturated rings. The second kappa shape index (κ2) is 8.94. The lowest BCUT2D eigenvalue weighted by atomic mass is 10.2. The van der Waals surface area contributed by atoms with E-state index in [0.717, 1.165) is 0 Å². The molecule has 10 heteroatoms. The van der Waals surface area contributed by atoms with Gasteiger partial charge >= 0.3 is 6.03 Å². The lowest BCUT2D eigenvalue weighted by Crippen LogP contribution is -2.19. The van der Waals surface area contributed by atoms with Gasteiger partial charge in [0.25, 0.3) is 0 Å². The van der Waals surface area contributed by atoms with E-state index in [1.54, 1.807) is 18.2 Å². The van der Waals surface area contributed by atoms with E-state index in [1.165, 1.54) is 49.8 Å². The number of phenolic OH excluding ortho intramolecular Hbond substituents is 1. The maximum absolute atomic E-state index is 13.0. The van der Waals surface area contributed by atoms with Gasteiger partial charge < -0.3 is 25.2 Å². The van der Waals surface area contributed by atoms with Gasteiger partial charge in [0.1, 0.15) is 17.9 Å². The number of phenols is 1. The Hall–Kier alpha value is -4.11. The molecule has 0 aliphatic carbocycles. The molecule has 0 radical (unpaired) electrons. The molecule has 0 aliphatic rings. The number of urea groups is 1. The molecule has 0 atom stereocenters. The zero-order valence-corrected chi connectivity index (χ0v) is 17.4. The Balaban J connectivity index is 1.51. The fourth-order valence-corrected chi connectivity index (χ4v) is 3.10. The van der Waals surface area contributed by atoms with E-state index in [0.29, 0.717) is 28.0 Å². The monoisotopic (exact) mass is 454 g/mol. The first-order valence-electron chi connectivity index (χ1n) is 9.25. The Kier molecular flexibility index (Phi) is 5.91. The minimum absolute atomic E-state index is 0.0537. The summed E-state index contributed by atoms with van der Waals surface area (Å²) in [6.07, 6.45) is 1.31. The molecule has 8 nitrogen and oxygen atoms in total. The van der Waals surface area contributed by atoms with E-state index in [1.807, 2.05) is 0 Å². The zero-order chi connectivity index (χ0) is 22.7. The molecule has 4 rings (SSSR count). The topological polar surface area (TPSA) is 106 Å². The molecule has 0 spiro atoms. The Morgan fingerprint density at radius 1 is 1.06 bits per heavy atom. The van der Waals surface area contributed by atoms with Gasteiger partial charge in [-0.2, -0.15) is 0 Å². The first-order chi connectivity index (χ1) is 15.4. The van der Waals surface area contributed by atoms with E-state index in [-0.39, 0.29) is 22.4 Å². The summed E-state index contributed by atoms with van der Waals surface area (Å²) in [5.41, 5.74) is 1.24. The Bertz CT molecular complexity index is 1300. The van der Waals surface area contributed by atoms with Gasteiger partial charge in [0, 0.05) is 17.8 Å². The minimum Gasteiger partial charge on any atom is -0.504 e. The minimum atomic E-state index is -0.541. The maximum atomic E-state index is 13.0. The van der Waals surface area contributed by atoms with Crippen LogP contribution in [0.4, 0.5) is 20.6 Å². The van der Waals surface area contributed by atoms with Crippen LogP contribution in [0, 0.1) is 5.82 Å². The molecule has 0 unspecified atom stereocenters. The standard InChI is InChI=1S/C22H16ClFN4O4/c1-31-20-9-15-18(10-19(20)29)25-11-26-21(15)32-14-6-7-17(16(23)8-14)28-22(30)27-13-4-2-12(24)3-5-13/h2-11,29H,1H3,(H2,27,28,30). The van der Waals surface area contributed by atoms with E-state index in [9.17, 15) is 14.3 Å². The highest BCUT2D eigenvalue weighted by atomic mass is 35.5. The van der Waals surface area contributed by atoms with Crippen molar-refractivity contribution in [1.29, 1.82) is 0 Å². The van der Waals surface area contributed by atoms with Crippen LogP contribution in [0.15, 0.2) is 60.9 Å². The number of hydrogen-bond donors (Lipinski definition) is 3. The van der Waals surface area contributed by atoms with Gasteiger partial charge in [-0.3, -0.25) is 0 Å². The van der Waals surface area contributed by atoms with Gasteiger partial charge in [-0.1, -0.05) is 11.6 Å². The van der Waals surface area contributed by atoms with Crippen LogP contribution in [-0.4, -0.2) is 28.2 Å². The Morgan fingerprint density at radius 3 is 2.56 bits per heavy atom. The lowest BCUT2D eigenvalue weighted by molar-refractivity contribution is 0.262. The highest BCUT2D eigenvalue weighted by Gasteiger charge is 2.13. The smallest absolute Gasteiger partial charge is 0.323 e. The average molecular weight is 455 g/mol. The van der Waals surface area contributed by atoms with Crippen molar-refractivity contribution >= 4 is 39.9 Å². The maximum Gasteiger partial charge on any atom is 0.323 e.